The highest BCUT2D eigenvalue weighted by Crippen LogP contribution is 2.27. The summed E-state index contributed by atoms with van der Waals surface area (Å²) in [7, 11) is 0. The van der Waals surface area contributed by atoms with Crippen LogP contribution < -0.4 is 16.0 Å². The van der Waals surface area contributed by atoms with Gasteiger partial charge in [-0.1, -0.05) is 6.92 Å². The van der Waals surface area contributed by atoms with E-state index in [1.807, 2.05) is 6.07 Å². The molecule has 0 radical (unpaired) electrons. The summed E-state index contributed by atoms with van der Waals surface area (Å²) in [6.45, 7) is 4.34. The van der Waals surface area contributed by atoms with E-state index in [-0.39, 0.29) is 11.8 Å². The number of amides is 1. The molecule has 1 unspecified atom stereocenters. The van der Waals surface area contributed by atoms with Crippen molar-refractivity contribution < 1.29 is 4.79 Å². The molecule has 0 bridgehead atoms. The van der Waals surface area contributed by atoms with E-state index in [9.17, 15) is 4.79 Å². The molecule has 0 aliphatic carbocycles. The number of piperidine rings is 1. The van der Waals surface area contributed by atoms with E-state index in [2.05, 4.69) is 32.1 Å². The molecular formula is C16H22N6O. The first kappa shape index (κ1) is 15.5. The lowest BCUT2D eigenvalue weighted by Gasteiger charge is -2.33. The second kappa shape index (κ2) is 6.76. The van der Waals surface area contributed by atoms with Gasteiger partial charge >= 0.3 is 0 Å². The summed E-state index contributed by atoms with van der Waals surface area (Å²) in [4.78, 5) is 27.2. The Kier molecular flexibility index (Phi) is 4.55. The number of nitrogens with one attached hydrogen (secondary N) is 1. The Labute approximate surface area is 135 Å². The minimum absolute atomic E-state index is 0.00190. The molecule has 1 fully saturated rings. The number of carbonyl (C=O) groups is 1. The zero-order valence-corrected chi connectivity index (χ0v) is 13.3. The highest BCUT2D eigenvalue weighted by atomic mass is 16.1. The number of carbonyl (C=O) groups excluding carboxylic acids is 1. The molecule has 1 aliphatic heterocycles. The summed E-state index contributed by atoms with van der Waals surface area (Å²) in [5.41, 5.74) is 6.31. The van der Waals surface area contributed by atoms with Gasteiger partial charge in [0, 0.05) is 19.6 Å². The van der Waals surface area contributed by atoms with E-state index < -0.39 is 0 Å². The van der Waals surface area contributed by atoms with Crippen LogP contribution in [0.4, 0.5) is 11.6 Å². The monoisotopic (exact) mass is 314 g/mol. The lowest BCUT2D eigenvalue weighted by molar-refractivity contribution is -0.125. The summed E-state index contributed by atoms with van der Waals surface area (Å²) in [6, 6.07) is 3.65. The van der Waals surface area contributed by atoms with E-state index >= 15 is 0 Å². The van der Waals surface area contributed by atoms with Gasteiger partial charge in [-0.15, -0.1) is 0 Å². The van der Waals surface area contributed by atoms with Gasteiger partial charge in [0.1, 0.15) is 18.0 Å². The number of fused-ring (bicyclic) bond motifs is 1. The van der Waals surface area contributed by atoms with Crippen LogP contribution in [0.2, 0.25) is 0 Å². The van der Waals surface area contributed by atoms with Crippen LogP contribution in [-0.2, 0) is 4.79 Å². The molecule has 7 nitrogen and oxygen atoms in total. The SMILES string of the molecule is CCCNC(=O)C1CCCN(c2ncnc3nc(N)ccc23)C1. The Hall–Kier alpha value is -2.44. The first-order valence-electron chi connectivity index (χ1n) is 8.09. The molecule has 1 saturated heterocycles. The average Bonchev–Trinajstić information content (AvgIpc) is 2.59. The molecule has 3 N–H and O–H groups in total. The van der Waals surface area contributed by atoms with Crippen molar-refractivity contribution in [3.05, 3.63) is 18.5 Å². The van der Waals surface area contributed by atoms with Gasteiger partial charge in [0.25, 0.3) is 0 Å². The molecule has 1 atom stereocenters. The fourth-order valence-electron chi connectivity index (χ4n) is 2.97. The average molecular weight is 314 g/mol. The normalized spacial score (nSPS) is 18.1. The van der Waals surface area contributed by atoms with Crippen molar-refractivity contribution in [1.29, 1.82) is 0 Å². The second-order valence-electron chi connectivity index (χ2n) is 5.88. The fraction of sp³-hybridized carbons (Fsp3) is 0.500. The van der Waals surface area contributed by atoms with Crippen molar-refractivity contribution in [1.82, 2.24) is 20.3 Å². The van der Waals surface area contributed by atoms with Gasteiger partial charge in [0.05, 0.1) is 11.3 Å². The minimum Gasteiger partial charge on any atom is -0.384 e. The molecule has 0 spiro atoms. The van der Waals surface area contributed by atoms with Crippen LogP contribution in [0.1, 0.15) is 26.2 Å². The largest absolute Gasteiger partial charge is 0.384 e. The fourth-order valence-corrected chi connectivity index (χ4v) is 2.97. The predicted molar refractivity (Wildman–Crippen MR) is 90.0 cm³/mol. The Morgan fingerprint density at radius 2 is 2.30 bits per heavy atom. The Bertz CT molecular complexity index is 704. The highest BCUT2D eigenvalue weighted by molar-refractivity contribution is 5.88. The number of hydrogen-bond acceptors (Lipinski definition) is 6. The number of nitrogens with two attached hydrogens (primary N) is 1. The maximum Gasteiger partial charge on any atom is 0.224 e. The predicted octanol–water partition coefficient (Wildman–Crippen LogP) is 1.35. The van der Waals surface area contributed by atoms with Crippen molar-refractivity contribution in [2.24, 2.45) is 5.92 Å². The van der Waals surface area contributed by atoms with Crippen molar-refractivity contribution in [2.75, 3.05) is 30.3 Å². The van der Waals surface area contributed by atoms with E-state index in [0.29, 0.717) is 18.0 Å². The summed E-state index contributed by atoms with van der Waals surface area (Å²) in [5, 5.41) is 3.86. The van der Waals surface area contributed by atoms with Gasteiger partial charge in [0.15, 0.2) is 5.65 Å². The van der Waals surface area contributed by atoms with Crippen LogP contribution >= 0.6 is 0 Å². The molecule has 23 heavy (non-hydrogen) atoms. The zero-order chi connectivity index (χ0) is 16.2. The van der Waals surface area contributed by atoms with Crippen LogP contribution in [0, 0.1) is 5.92 Å². The van der Waals surface area contributed by atoms with Gasteiger partial charge in [-0.05, 0) is 31.4 Å². The van der Waals surface area contributed by atoms with Crippen LogP contribution in [0.15, 0.2) is 18.5 Å². The number of rotatable bonds is 4. The Balaban J connectivity index is 1.83. The summed E-state index contributed by atoms with van der Waals surface area (Å²) < 4.78 is 0. The molecule has 2 aromatic heterocycles. The number of aromatic nitrogens is 3. The molecule has 1 aliphatic rings. The smallest absolute Gasteiger partial charge is 0.224 e. The summed E-state index contributed by atoms with van der Waals surface area (Å²) in [6.07, 6.45) is 4.34. The number of pyridine rings is 1. The van der Waals surface area contributed by atoms with Crippen molar-refractivity contribution in [3.8, 4) is 0 Å². The summed E-state index contributed by atoms with van der Waals surface area (Å²) in [5.74, 6) is 1.41. The molecule has 2 aromatic rings. The highest BCUT2D eigenvalue weighted by Gasteiger charge is 2.27. The number of nitrogen functional groups attached to an aromatic ring is 1. The van der Waals surface area contributed by atoms with E-state index in [0.717, 1.165) is 43.6 Å². The van der Waals surface area contributed by atoms with Crippen molar-refractivity contribution >= 4 is 28.6 Å². The first-order valence-corrected chi connectivity index (χ1v) is 8.09. The molecule has 0 aromatic carbocycles. The van der Waals surface area contributed by atoms with E-state index in [1.54, 1.807) is 6.07 Å². The van der Waals surface area contributed by atoms with E-state index in [4.69, 9.17) is 5.73 Å². The van der Waals surface area contributed by atoms with Gasteiger partial charge in [0.2, 0.25) is 5.91 Å². The second-order valence-corrected chi connectivity index (χ2v) is 5.88. The Morgan fingerprint density at radius 3 is 3.13 bits per heavy atom. The molecule has 1 amide bonds. The Morgan fingerprint density at radius 1 is 1.43 bits per heavy atom. The first-order chi connectivity index (χ1) is 11.2. The molecule has 3 heterocycles. The van der Waals surface area contributed by atoms with Crippen LogP contribution in [0.25, 0.3) is 11.0 Å². The quantitative estimate of drug-likeness (QED) is 0.884. The van der Waals surface area contributed by atoms with Crippen LogP contribution in [0.5, 0.6) is 0 Å². The lowest BCUT2D eigenvalue weighted by atomic mass is 9.97. The van der Waals surface area contributed by atoms with Gasteiger partial charge in [-0.3, -0.25) is 4.79 Å². The zero-order valence-electron chi connectivity index (χ0n) is 13.3. The van der Waals surface area contributed by atoms with E-state index in [1.165, 1.54) is 6.33 Å². The third kappa shape index (κ3) is 3.33. The molecule has 122 valence electrons. The minimum atomic E-state index is 0.00190. The maximum absolute atomic E-state index is 12.2. The number of nitrogens with zero attached hydrogens (tertiary/aromatic N) is 4. The maximum atomic E-state index is 12.2. The van der Waals surface area contributed by atoms with Crippen molar-refractivity contribution in [2.45, 2.75) is 26.2 Å². The van der Waals surface area contributed by atoms with Gasteiger partial charge in [-0.2, -0.15) is 0 Å². The molecule has 7 heteroatoms. The molecular weight excluding hydrogens is 292 g/mol. The molecule has 3 rings (SSSR count). The number of anilines is 2. The topological polar surface area (TPSA) is 97.0 Å². The standard InChI is InChI=1S/C16H22N6O/c1-2-7-18-16(23)11-4-3-8-22(9-11)15-12-5-6-13(17)21-14(12)19-10-20-15/h5-6,10-11H,2-4,7-9H2,1H3,(H,18,23)(H2,17,19,20,21). The van der Waals surface area contributed by atoms with Gasteiger partial charge < -0.3 is 16.0 Å². The summed E-state index contributed by atoms with van der Waals surface area (Å²) >= 11 is 0. The van der Waals surface area contributed by atoms with Crippen LogP contribution in [0.3, 0.4) is 0 Å². The third-order valence-electron chi connectivity index (χ3n) is 4.14. The lowest BCUT2D eigenvalue weighted by Crippen LogP contribution is -2.43. The molecule has 0 saturated carbocycles. The van der Waals surface area contributed by atoms with Crippen molar-refractivity contribution in [3.63, 3.8) is 0 Å². The third-order valence-corrected chi connectivity index (χ3v) is 4.14. The number of hydrogen-bond donors (Lipinski definition) is 2. The van der Waals surface area contributed by atoms with Gasteiger partial charge in [-0.25, -0.2) is 15.0 Å². The van der Waals surface area contributed by atoms with Crippen LogP contribution in [-0.4, -0.2) is 40.5 Å².